The normalized spacial score (nSPS) is 14.0. The third-order valence-electron chi connectivity index (χ3n) is 4.70. The number of rotatable bonds is 5. The van der Waals surface area contributed by atoms with Crippen molar-refractivity contribution in [3.05, 3.63) is 67.3 Å². The molecular formula is C21H18ClN5O4S. The molecule has 1 aromatic heterocycles. The van der Waals surface area contributed by atoms with Crippen LogP contribution in [0.5, 0.6) is 5.75 Å². The van der Waals surface area contributed by atoms with Gasteiger partial charge in [-0.1, -0.05) is 17.7 Å². The molecule has 0 bridgehead atoms. The van der Waals surface area contributed by atoms with Crippen LogP contribution < -0.4 is 14.9 Å². The van der Waals surface area contributed by atoms with Gasteiger partial charge in [0, 0.05) is 29.1 Å². The molecule has 0 atom stereocenters. The molecule has 0 aliphatic carbocycles. The minimum Gasteiger partial charge on any atom is -0.482 e. The quantitative estimate of drug-likeness (QED) is 0.339. The molecule has 11 heteroatoms. The van der Waals surface area contributed by atoms with E-state index >= 15 is 0 Å². The second-order valence-corrected chi connectivity index (χ2v) is 8.09. The number of hydrogen-bond donors (Lipinski definition) is 1. The van der Waals surface area contributed by atoms with Gasteiger partial charge in [-0.15, -0.1) is 11.3 Å². The number of carbonyl (C=O) groups is 1. The molecule has 0 radical (unpaired) electrons. The highest BCUT2D eigenvalue weighted by atomic mass is 35.5. The van der Waals surface area contributed by atoms with E-state index < -0.39 is 4.92 Å². The number of ether oxygens (including phenoxy) is 1. The monoisotopic (exact) mass is 471 g/mol. The Morgan fingerprint density at radius 2 is 2.16 bits per heavy atom. The molecule has 0 saturated carbocycles. The highest BCUT2D eigenvalue weighted by Crippen LogP contribution is 2.33. The first-order chi connectivity index (χ1) is 15.4. The summed E-state index contributed by atoms with van der Waals surface area (Å²) in [4.78, 5) is 27.6. The Kier molecular flexibility index (Phi) is 6.06. The molecule has 1 N–H and O–H groups in total. The van der Waals surface area contributed by atoms with Crippen LogP contribution in [0.2, 0.25) is 5.02 Å². The van der Waals surface area contributed by atoms with Gasteiger partial charge in [0.1, 0.15) is 10.8 Å². The molecule has 1 aliphatic heterocycles. The lowest BCUT2D eigenvalue weighted by Gasteiger charge is -2.18. The van der Waals surface area contributed by atoms with Crippen molar-refractivity contribution >= 4 is 45.9 Å². The Morgan fingerprint density at radius 1 is 1.34 bits per heavy atom. The summed E-state index contributed by atoms with van der Waals surface area (Å²) in [7, 11) is 0. The van der Waals surface area contributed by atoms with E-state index in [1.807, 2.05) is 24.4 Å². The number of nitrogens with one attached hydrogen (secondary N) is 1. The minimum absolute atomic E-state index is 0.0129. The average molecular weight is 472 g/mol. The van der Waals surface area contributed by atoms with Crippen molar-refractivity contribution in [2.45, 2.75) is 13.8 Å². The Morgan fingerprint density at radius 3 is 2.91 bits per heavy atom. The molecular weight excluding hydrogens is 454 g/mol. The van der Waals surface area contributed by atoms with Gasteiger partial charge in [0.25, 0.3) is 11.6 Å². The highest BCUT2D eigenvalue weighted by molar-refractivity contribution is 7.07. The third-order valence-corrected chi connectivity index (χ3v) is 5.87. The lowest BCUT2D eigenvalue weighted by molar-refractivity contribution is -0.384. The fourth-order valence-electron chi connectivity index (χ4n) is 3.17. The minimum atomic E-state index is -0.524. The van der Waals surface area contributed by atoms with Gasteiger partial charge in [0.15, 0.2) is 6.61 Å². The van der Waals surface area contributed by atoms with E-state index in [-0.39, 0.29) is 23.2 Å². The van der Waals surface area contributed by atoms with E-state index in [1.54, 1.807) is 23.7 Å². The molecule has 1 aliphatic rings. The number of aromatic nitrogens is 1. The van der Waals surface area contributed by atoms with Crippen LogP contribution in [0.1, 0.15) is 19.4 Å². The number of nitrogens with zero attached hydrogens (tertiary/aromatic N) is 4. The van der Waals surface area contributed by atoms with Crippen molar-refractivity contribution in [2.24, 2.45) is 10.1 Å². The van der Waals surface area contributed by atoms with Crippen molar-refractivity contribution in [2.75, 3.05) is 18.5 Å². The third kappa shape index (κ3) is 4.27. The molecule has 1 amide bonds. The zero-order valence-corrected chi connectivity index (χ0v) is 18.7. The molecule has 3 aromatic rings. The largest absolute Gasteiger partial charge is 0.482 e. The standard InChI is InChI=1S/C21H18ClN5O4S/c1-3-23-21-26(25-12(2)13-4-6-15(22)17(9-13)27(29)30)18(11-32-21)14-5-7-19-16(8-14)24-20(28)10-31-19/h4-9,11H,3,10H2,1-2H3,(H,24,28). The lowest BCUT2D eigenvalue weighted by Crippen LogP contribution is -2.25. The lowest BCUT2D eigenvalue weighted by atomic mass is 10.1. The van der Waals surface area contributed by atoms with Crippen LogP contribution in [0.3, 0.4) is 0 Å². The van der Waals surface area contributed by atoms with Gasteiger partial charge >= 0.3 is 0 Å². The molecule has 0 fully saturated rings. The average Bonchev–Trinajstić information content (AvgIpc) is 3.15. The summed E-state index contributed by atoms with van der Waals surface area (Å²) in [5.74, 6) is 0.384. The van der Waals surface area contributed by atoms with Gasteiger partial charge in [-0.2, -0.15) is 5.10 Å². The van der Waals surface area contributed by atoms with Crippen molar-refractivity contribution in [3.8, 4) is 17.0 Å². The Balaban J connectivity index is 1.82. The smallest absolute Gasteiger partial charge is 0.288 e. The molecule has 0 saturated heterocycles. The summed E-state index contributed by atoms with van der Waals surface area (Å²) in [5, 5.41) is 20.8. The summed E-state index contributed by atoms with van der Waals surface area (Å²) in [6.45, 7) is 4.24. The summed E-state index contributed by atoms with van der Waals surface area (Å²) >= 11 is 7.36. The van der Waals surface area contributed by atoms with Crippen LogP contribution in [0.15, 0.2) is 51.9 Å². The predicted octanol–water partition coefficient (Wildman–Crippen LogP) is 4.30. The summed E-state index contributed by atoms with van der Waals surface area (Å²) in [6, 6.07) is 10.1. The van der Waals surface area contributed by atoms with Crippen LogP contribution in [0.4, 0.5) is 11.4 Å². The van der Waals surface area contributed by atoms with Gasteiger partial charge < -0.3 is 10.1 Å². The number of nitro groups is 1. The molecule has 0 unspecified atom stereocenters. The van der Waals surface area contributed by atoms with Gasteiger partial charge in [0.05, 0.1) is 22.0 Å². The van der Waals surface area contributed by atoms with Crippen molar-refractivity contribution in [1.82, 2.24) is 4.68 Å². The maximum atomic E-state index is 11.7. The Labute approximate surface area is 191 Å². The first kappa shape index (κ1) is 21.7. The number of hydrogen-bond acceptors (Lipinski definition) is 7. The van der Waals surface area contributed by atoms with E-state index in [4.69, 9.17) is 21.4 Å². The van der Waals surface area contributed by atoms with Crippen LogP contribution in [-0.2, 0) is 4.79 Å². The zero-order valence-electron chi connectivity index (χ0n) is 17.2. The maximum Gasteiger partial charge on any atom is 0.288 e. The topological polar surface area (TPSA) is 111 Å². The number of anilines is 1. The molecule has 2 heterocycles. The molecule has 164 valence electrons. The van der Waals surface area contributed by atoms with Crippen LogP contribution in [0, 0.1) is 10.1 Å². The fraction of sp³-hybridized carbons (Fsp3) is 0.190. The predicted molar refractivity (Wildman–Crippen MR) is 124 cm³/mol. The number of thiazole rings is 1. The SMILES string of the molecule is CCN=c1scc(-c2ccc3c(c2)NC(=O)CO3)n1N=C(C)c1ccc(Cl)c([N+](=O)[O-])c1. The number of nitro benzene ring substituents is 1. The van der Waals surface area contributed by atoms with E-state index in [0.29, 0.717) is 34.1 Å². The molecule has 32 heavy (non-hydrogen) atoms. The van der Waals surface area contributed by atoms with Crippen molar-refractivity contribution in [3.63, 3.8) is 0 Å². The first-order valence-electron chi connectivity index (χ1n) is 9.65. The van der Waals surface area contributed by atoms with Gasteiger partial charge in [-0.05, 0) is 38.1 Å². The number of halogens is 1. The zero-order chi connectivity index (χ0) is 22.8. The van der Waals surface area contributed by atoms with Crippen LogP contribution in [-0.4, -0.2) is 34.4 Å². The summed E-state index contributed by atoms with van der Waals surface area (Å²) in [5.41, 5.74) is 3.09. The number of fused-ring (bicyclic) bond motifs is 1. The number of carbonyl (C=O) groups excluding carboxylic acids is 1. The van der Waals surface area contributed by atoms with Crippen molar-refractivity contribution in [1.29, 1.82) is 0 Å². The Hall–Kier alpha value is -3.50. The summed E-state index contributed by atoms with van der Waals surface area (Å²) in [6.07, 6.45) is 0. The molecule has 2 aromatic carbocycles. The van der Waals surface area contributed by atoms with Crippen LogP contribution in [0.25, 0.3) is 11.3 Å². The van der Waals surface area contributed by atoms with Gasteiger partial charge in [-0.3, -0.25) is 19.9 Å². The number of amides is 1. The van der Waals surface area contributed by atoms with Gasteiger partial charge in [0.2, 0.25) is 4.80 Å². The van der Waals surface area contributed by atoms with E-state index in [9.17, 15) is 14.9 Å². The maximum absolute atomic E-state index is 11.7. The molecule has 4 rings (SSSR count). The van der Waals surface area contributed by atoms with Crippen molar-refractivity contribution < 1.29 is 14.5 Å². The Bertz CT molecular complexity index is 1330. The second kappa shape index (κ2) is 8.93. The van der Waals surface area contributed by atoms with Gasteiger partial charge in [-0.25, -0.2) is 4.68 Å². The second-order valence-electron chi connectivity index (χ2n) is 6.85. The highest BCUT2D eigenvalue weighted by Gasteiger charge is 2.18. The number of benzene rings is 2. The van der Waals surface area contributed by atoms with E-state index in [2.05, 4.69) is 10.3 Å². The van der Waals surface area contributed by atoms with E-state index in [0.717, 1.165) is 11.3 Å². The molecule has 0 spiro atoms. The first-order valence-corrected chi connectivity index (χ1v) is 10.9. The fourth-order valence-corrected chi connectivity index (χ4v) is 4.25. The molecule has 9 nitrogen and oxygen atoms in total. The van der Waals surface area contributed by atoms with E-state index in [1.165, 1.54) is 23.5 Å². The van der Waals surface area contributed by atoms with Crippen LogP contribution >= 0.6 is 22.9 Å². The summed E-state index contributed by atoms with van der Waals surface area (Å²) < 4.78 is 7.13.